The summed E-state index contributed by atoms with van der Waals surface area (Å²) in [6.45, 7) is 1.12. The molecule has 188 valence electrons. The highest BCUT2D eigenvalue weighted by Crippen LogP contribution is 2.34. The van der Waals surface area contributed by atoms with Crippen LogP contribution in [0.2, 0.25) is 0 Å². The molecule has 0 aromatic heterocycles. The van der Waals surface area contributed by atoms with Crippen LogP contribution in [0.15, 0.2) is 66.7 Å². The molecule has 0 saturated carbocycles. The second-order valence-corrected chi connectivity index (χ2v) is 8.36. The second kappa shape index (κ2) is 11.5. The number of nitro groups is 1. The SMILES string of the molecule is O=C(O)c1cc(Oc2ccc3c(c2)CC[C@H](CNC[C@H](O)COc2ccccc2)O3)cc([N+](=O)[O-])c1. The number of hydrogen-bond donors (Lipinski definition) is 3. The molecule has 4 rings (SSSR count). The van der Waals surface area contributed by atoms with Gasteiger partial charge in [0, 0.05) is 19.2 Å². The van der Waals surface area contributed by atoms with Gasteiger partial charge in [-0.2, -0.15) is 0 Å². The van der Waals surface area contributed by atoms with Crippen LogP contribution in [-0.2, 0) is 6.42 Å². The Morgan fingerprint density at radius 2 is 1.92 bits per heavy atom. The second-order valence-electron chi connectivity index (χ2n) is 8.36. The lowest BCUT2D eigenvalue weighted by atomic mass is 10.0. The van der Waals surface area contributed by atoms with Gasteiger partial charge in [0.05, 0.1) is 16.6 Å². The highest BCUT2D eigenvalue weighted by atomic mass is 16.6. The number of carbonyl (C=O) groups is 1. The summed E-state index contributed by atoms with van der Waals surface area (Å²) in [7, 11) is 0. The summed E-state index contributed by atoms with van der Waals surface area (Å²) in [6.07, 6.45) is 0.756. The maximum absolute atomic E-state index is 11.3. The number of aliphatic hydroxyl groups excluding tert-OH is 1. The van der Waals surface area contributed by atoms with Gasteiger partial charge in [0.15, 0.2) is 0 Å². The van der Waals surface area contributed by atoms with Gasteiger partial charge in [0.2, 0.25) is 0 Å². The summed E-state index contributed by atoms with van der Waals surface area (Å²) >= 11 is 0. The summed E-state index contributed by atoms with van der Waals surface area (Å²) < 4.78 is 17.3. The van der Waals surface area contributed by atoms with Crippen LogP contribution in [0.5, 0.6) is 23.0 Å². The molecular formula is C26H26N2O8. The van der Waals surface area contributed by atoms with Gasteiger partial charge >= 0.3 is 5.97 Å². The molecule has 10 heteroatoms. The van der Waals surface area contributed by atoms with Crippen molar-refractivity contribution in [3.63, 3.8) is 0 Å². The molecule has 0 radical (unpaired) electrons. The van der Waals surface area contributed by atoms with Crippen molar-refractivity contribution in [1.29, 1.82) is 0 Å². The van der Waals surface area contributed by atoms with Crippen LogP contribution in [0.3, 0.4) is 0 Å². The van der Waals surface area contributed by atoms with E-state index in [-0.39, 0.29) is 29.7 Å². The lowest BCUT2D eigenvalue weighted by Gasteiger charge is -2.27. The molecule has 2 atom stereocenters. The zero-order chi connectivity index (χ0) is 25.5. The molecule has 1 aliphatic rings. The van der Waals surface area contributed by atoms with Gasteiger partial charge < -0.3 is 29.7 Å². The summed E-state index contributed by atoms with van der Waals surface area (Å²) in [5.41, 5.74) is 0.329. The minimum Gasteiger partial charge on any atom is -0.491 e. The average molecular weight is 495 g/mol. The molecule has 10 nitrogen and oxygen atoms in total. The van der Waals surface area contributed by atoms with E-state index in [4.69, 9.17) is 14.2 Å². The summed E-state index contributed by atoms with van der Waals surface area (Å²) in [5, 5.41) is 33.7. The van der Waals surface area contributed by atoms with E-state index in [0.29, 0.717) is 30.3 Å². The molecule has 3 N–H and O–H groups in total. The van der Waals surface area contributed by atoms with Crippen molar-refractivity contribution in [3.8, 4) is 23.0 Å². The summed E-state index contributed by atoms with van der Waals surface area (Å²) in [6, 6.07) is 17.9. The summed E-state index contributed by atoms with van der Waals surface area (Å²) in [5.74, 6) is 0.624. The van der Waals surface area contributed by atoms with Gasteiger partial charge in [-0.05, 0) is 54.8 Å². The lowest BCUT2D eigenvalue weighted by molar-refractivity contribution is -0.384. The van der Waals surface area contributed by atoms with Gasteiger partial charge in [0.25, 0.3) is 5.69 Å². The van der Waals surface area contributed by atoms with Crippen LogP contribution in [0.25, 0.3) is 0 Å². The Morgan fingerprint density at radius 1 is 1.11 bits per heavy atom. The van der Waals surface area contributed by atoms with E-state index in [1.807, 2.05) is 30.3 Å². The fourth-order valence-electron chi connectivity index (χ4n) is 3.81. The molecule has 3 aromatic rings. The van der Waals surface area contributed by atoms with Crippen molar-refractivity contribution in [2.24, 2.45) is 0 Å². The monoisotopic (exact) mass is 494 g/mol. The third kappa shape index (κ3) is 6.71. The highest BCUT2D eigenvalue weighted by Gasteiger charge is 2.21. The minimum absolute atomic E-state index is 0.0650. The standard InChI is InChI=1S/C26H26N2O8/c29-20(16-34-21-4-2-1-3-5-21)14-27-15-23-7-6-17-11-22(8-9-25(17)36-23)35-24-12-18(26(30)31)10-19(13-24)28(32)33/h1-5,8-13,20,23,27,29H,6-7,14-16H2,(H,30,31)/t20-,23+/m0/s1. The molecule has 0 aliphatic carbocycles. The largest absolute Gasteiger partial charge is 0.491 e. The van der Waals surface area contributed by atoms with Crippen LogP contribution >= 0.6 is 0 Å². The van der Waals surface area contributed by atoms with Crippen molar-refractivity contribution < 1.29 is 34.1 Å². The number of carboxylic acid groups (broad SMARTS) is 1. The molecule has 0 bridgehead atoms. The number of aryl methyl sites for hydroxylation is 1. The number of para-hydroxylation sites is 1. The normalized spacial score (nSPS) is 15.3. The van der Waals surface area contributed by atoms with Crippen LogP contribution in [0.4, 0.5) is 5.69 Å². The van der Waals surface area contributed by atoms with E-state index >= 15 is 0 Å². The smallest absolute Gasteiger partial charge is 0.336 e. The van der Waals surface area contributed by atoms with Gasteiger partial charge in [0.1, 0.15) is 41.8 Å². The molecule has 3 aromatic carbocycles. The number of benzene rings is 3. The van der Waals surface area contributed by atoms with Crippen LogP contribution in [0.1, 0.15) is 22.3 Å². The van der Waals surface area contributed by atoms with E-state index < -0.39 is 17.0 Å². The first-order valence-electron chi connectivity index (χ1n) is 11.4. The predicted octanol–water partition coefficient (Wildman–Crippen LogP) is 3.81. The first-order valence-corrected chi connectivity index (χ1v) is 11.4. The summed E-state index contributed by atoms with van der Waals surface area (Å²) in [4.78, 5) is 21.7. The fourth-order valence-corrected chi connectivity index (χ4v) is 3.81. The number of nitrogens with one attached hydrogen (secondary N) is 1. The Balaban J connectivity index is 1.29. The zero-order valence-corrected chi connectivity index (χ0v) is 19.3. The third-order valence-corrected chi connectivity index (χ3v) is 5.58. The van der Waals surface area contributed by atoms with Crippen molar-refractivity contribution in [3.05, 3.63) is 88.0 Å². The maximum Gasteiger partial charge on any atom is 0.336 e. The number of nitrogens with zero attached hydrogens (tertiary/aromatic N) is 1. The Hall–Kier alpha value is -4.15. The molecule has 0 unspecified atom stereocenters. The topological polar surface area (TPSA) is 140 Å². The highest BCUT2D eigenvalue weighted by molar-refractivity contribution is 5.89. The average Bonchev–Trinajstić information content (AvgIpc) is 2.88. The van der Waals surface area contributed by atoms with E-state index in [2.05, 4.69) is 5.32 Å². The molecular weight excluding hydrogens is 468 g/mol. The van der Waals surface area contributed by atoms with Gasteiger partial charge in [-0.15, -0.1) is 0 Å². The first kappa shape index (κ1) is 25.0. The number of fused-ring (bicyclic) bond motifs is 1. The first-order chi connectivity index (χ1) is 17.4. The van der Waals surface area contributed by atoms with Crippen LogP contribution in [0, 0.1) is 10.1 Å². The zero-order valence-electron chi connectivity index (χ0n) is 19.3. The lowest BCUT2D eigenvalue weighted by Crippen LogP contribution is -2.39. The Labute approximate surface area is 207 Å². The molecule has 0 spiro atoms. The molecule has 0 amide bonds. The van der Waals surface area contributed by atoms with Crippen molar-refractivity contribution >= 4 is 11.7 Å². The van der Waals surface area contributed by atoms with E-state index in [1.54, 1.807) is 18.2 Å². The number of ether oxygens (including phenoxy) is 3. The number of non-ortho nitro benzene ring substituents is 1. The molecule has 36 heavy (non-hydrogen) atoms. The van der Waals surface area contributed by atoms with Crippen LogP contribution in [-0.4, -0.2) is 53.0 Å². The van der Waals surface area contributed by atoms with Crippen molar-refractivity contribution in [2.75, 3.05) is 19.7 Å². The number of hydrogen-bond acceptors (Lipinski definition) is 8. The van der Waals surface area contributed by atoms with E-state index in [1.165, 1.54) is 12.1 Å². The number of carboxylic acids is 1. The fraction of sp³-hybridized carbons (Fsp3) is 0.269. The van der Waals surface area contributed by atoms with Crippen LogP contribution < -0.4 is 19.5 Å². The number of aromatic carboxylic acids is 1. The molecule has 0 fully saturated rings. The molecule has 0 saturated heterocycles. The quantitative estimate of drug-likeness (QED) is 0.268. The number of rotatable bonds is 11. The number of aliphatic hydroxyl groups is 1. The molecule has 1 aliphatic heterocycles. The molecule has 1 heterocycles. The van der Waals surface area contributed by atoms with Gasteiger partial charge in [-0.3, -0.25) is 10.1 Å². The Morgan fingerprint density at radius 3 is 2.67 bits per heavy atom. The Kier molecular flexibility index (Phi) is 7.99. The minimum atomic E-state index is -1.28. The third-order valence-electron chi connectivity index (χ3n) is 5.58. The number of nitro benzene ring substituents is 1. The van der Waals surface area contributed by atoms with E-state index in [9.17, 15) is 25.1 Å². The predicted molar refractivity (Wildman–Crippen MR) is 130 cm³/mol. The maximum atomic E-state index is 11.3. The van der Waals surface area contributed by atoms with Gasteiger partial charge in [-0.1, -0.05) is 18.2 Å². The van der Waals surface area contributed by atoms with Gasteiger partial charge in [-0.25, -0.2) is 4.79 Å². The van der Waals surface area contributed by atoms with Crippen molar-refractivity contribution in [2.45, 2.75) is 25.0 Å². The van der Waals surface area contributed by atoms with E-state index in [0.717, 1.165) is 24.5 Å². The van der Waals surface area contributed by atoms with Crippen molar-refractivity contribution in [1.82, 2.24) is 5.32 Å². The Bertz CT molecular complexity index is 1190.